The van der Waals surface area contributed by atoms with Gasteiger partial charge in [0.05, 0.1) is 28.3 Å². The summed E-state index contributed by atoms with van der Waals surface area (Å²) >= 11 is 0. The number of alkyl halides is 1. The molecule has 1 atom stereocenters. The molecule has 10 heteroatoms. The van der Waals surface area contributed by atoms with E-state index >= 15 is 0 Å². The number of anilines is 2. The fourth-order valence-electron chi connectivity index (χ4n) is 4.71. The van der Waals surface area contributed by atoms with E-state index in [-0.39, 0.29) is 24.1 Å². The number of aliphatic imine (C=N–C) groups is 1. The maximum Gasteiger partial charge on any atom is 0.144 e. The molecule has 0 aliphatic carbocycles. The van der Waals surface area contributed by atoms with Crippen LogP contribution in [0.25, 0.3) is 11.3 Å². The van der Waals surface area contributed by atoms with Crippen molar-refractivity contribution < 1.29 is 13.2 Å². The molecule has 3 aromatic rings. The Kier molecular flexibility index (Phi) is 5.76. The number of hydrogen-bond acceptors (Lipinski definition) is 6. The number of pyridine rings is 1. The summed E-state index contributed by atoms with van der Waals surface area (Å²) in [6.07, 6.45) is 0. The van der Waals surface area contributed by atoms with Gasteiger partial charge in [-0.2, -0.15) is 5.10 Å². The Morgan fingerprint density at radius 3 is 2.59 bits per heavy atom. The summed E-state index contributed by atoms with van der Waals surface area (Å²) in [5, 5.41) is 10.5. The van der Waals surface area contributed by atoms with Crippen molar-refractivity contribution in [1.82, 2.24) is 20.1 Å². The van der Waals surface area contributed by atoms with Gasteiger partial charge in [0.2, 0.25) is 0 Å². The number of benzene rings is 1. The normalized spacial score (nSPS) is 18.1. The molecule has 2 aromatic heterocycles. The molecule has 2 aliphatic rings. The minimum Gasteiger partial charge on any atom is -0.351 e. The van der Waals surface area contributed by atoms with Crippen molar-refractivity contribution in [3.63, 3.8) is 0 Å². The molecule has 2 aliphatic heterocycles. The van der Waals surface area contributed by atoms with Crippen LogP contribution in [0.3, 0.4) is 0 Å². The Morgan fingerprint density at radius 1 is 1.12 bits per heavy atom. The van der Waals surface area contributed by atoms with Crippen LogP contribution in [0.4, 0.5) is 30.4 Å². The van der Waals surface area contributed by atoms with E-state index in [9.17, 15) is 13.2 Å². The molecule has 0 amide bonds. The quantitative estimate of drug-likeness (QED) is 0.595. The monoisotopic (exact) mass is 469 g/mol. The fraction of sp³-hybridized carbons (Fsp3) is 0.375. The molecule has 0 saturated carbocycles. The van der Waals surface area contributed by atoms with E-state index in [0.29, 0.717) is 35.0 Å². The van der Waals surface area contributed by atoms with Crippen molar-refractivity contribution in [2.24, 2.45) is 4.99 Å². The van der Waals surface area contributed by atoms with Crippen molar-refractivity contribution in [2.45, 2.75) is 26.8 Å². The number of nitrogens with zero attached hydrogens (tertiary/aromatic N) is 5. The molecule has 1 unspecified atom stereocenters. The van der Waals surface area contributed by atoms with E-state index in [0.717, 1.165) is 31.0 Å². The Morgan fingerprint density at radius 2 is 1.88 bits per heavy atom. The summed E-state index contributed by atoms with van der Waals surface area (Å²) in [5.41, 5.74) is 3.59. The molecule has 7 nitrogen and oxygen atoms in total. The number of nitrogens with one attached hydrogen (secondary N) is 2. The maximum atomic E-state index is 14.6. The first-order chi connectivity index (χ1) is 16.4. The second-order valence-electron chi connectivity index (χ2n) is 8.74. The minimum atomic E-state index is -0.709. The van der Waals surface area contributed by atoms with Crippen LogP contribution in [0.2, 0.25) is 0 Å². The van der Waals surface area contributed by atoms with Gasteiger partial charge in [-0.1, -0.05) is 6.07 Å². The van der Waals surface area contributed by atoms with Crippen LogP contribution >= 0.6 is 0 Å². The van der Waals surface area contributed by atoms with Crippen molar-refractivity contribution >= 4 is 23.0 Å². The standard InChI is InChI=1S/C24H26F3N7/c1-13-12-33(8-7-25)9-10-34(13)19-11-16-21(14(2)28-19)29-24(20-17(26)5-4-6-18(20)27)30-22-15(3)31-32-23(16)22/h4-6,11,13H,7-10,12H2,1-3H3,(H,29,30)(H,31,32). The van der Waals surface area contributed by atoms with Crippen LogP contribution in [-0.2, 0) is 0 Å². The molecule has 34 heavy (non-hydrogen) atoms. The molecule has 1 fully saturated rings. The van der Waals surface area contributed by atoms with Crippen LogP contribution in [-0.4, -0.2) is 64.8 Å². The summed E-state index contributed by atoms with van der Waals surface area (Å²) < 4.78 is 42.1. The number of amidine groups is 1. The average molecular weight is 470 g/mol. The zero-order valence-corrected chi connectivity index (χ0v) is 19.3. The van der Waals surface area contributed by atoms with E-state index in [1.54, 1.807) is 6.92 Å². The number of H-pyrrole nitrogens is 1. The van der Waals surface area contributed by atoms with Crippen LogP contribution in [0.1, 0.15) is 23.9 Å². The van der Waals surface area contributed by atoms with E-state index in [1.807, 2.05) is 13.0 Å². The smallest absolute Gasteiger partial charge is 0.144 e. The zero-order valence-electron chi connectivity index (χ0n) is 19.3. The highest BCUT2D eigenvalue weighted by Gasteiger charge is 2.29. The number of rotatable bonds is 4. The largest absolute Gasteiger partial charge is 0.351 e. The Balaban J connectivity index is 1.60. The molecule has 2 N–H and O–H groups in total. The molecular weight excluding hydrogens is 443 g/mol. The van der Waals surface area contributed by atoms with Gasteiger partial charge < -0.3 is 10.2 Å². The second-order valence-corrected chi connectivity index (χ2v) is 8.74. The van der Waals surface area contributed by atoms with Gasteiger partial charge in [-0.15, -0.1) is 0 Å². The van der Waals surface area contributed by atoms with E-state index < -0.39 is 11.6 Å². The molecule has 5 rings (SSSR count). The number of aromatic amines is 1. The summed E-state index contributed by atoms with van der Waals surface area (Å²) in [4.78, 5) is 13.7. The van der Waals surface area contributed by atoms with Gasteiger partial charge in [-0.25, -0.2) is 23.1 Å². The third kappa shape index (κ3) is 3.81. The number of aryl methyl sites for hydroxylation is 2. The molecule has 0 radical (unpaired) electrons. The van der Waals surface area contributed by atoms with Gasteiger partial charge in [0, 0.05) is 37.8 Å². The Labute approximate surface area is 195 Å². The van der Waals surface area contributed by atoms with Crippen molar-refractivity contribution in [1.29, 1.82) is 0 Å². The highest BCUT2D eigenvalue weighted by atomic mass is 19.1. The number of aromatic nitrogens is 3. The minimum absolute atomic E-state index is 0.0611. The van der Waals surface area contributed by atoms with Gasteiger partial charge in [-0.05, 0) is 39.0 Å². The van der Waals surface area contributed by atoms with Crippen LogP contribution in [0, 0.1) is 25.5 Å². The molecule has 0 bridgehead atoms. The topological polar surface area (TPSA) is 72.4 Å². The van der Waals surface area contributed by atoms with E-state index in [4.69, 9.17) is 4.98 Å². The summed E-state index contributed by atoms with van der Waals surface area (Å²) in [7, 11) is 0. The third-order valence-electron chi connectivity index (χ3n) is 6.44. The van der Waals surface area contributed by atoms with Crippen molar-refractivity contribution in [2.75, 3.05) is 43.1 Å². The van der Waals surface area contributed by atoms with E-state index in [2.05, 4.69) is 37.2 Å². The maximum absolute atomic E-state index is 14.6. The Hall–Kier alpha value is -3.40. The molecule has 1 aromatic carbocycles. The third-order valence-corrected chi connectivity index (χ3v) is 6.44. The van der Waals surface area contributed by atoms with Crippen molar-refractivity contribution in [3.05, 3.63) is 52.9 Å². The Bertz CT molecular complexity index is 1250. The summed E-state index contributed by atoms with van der Waals surface area (Å²) in [5.74, 6) is -0.575. The molecule has 178 valence electrons. The highest BCUT2D eigenvalue weighted by Crippen LogP contribution is 2.42. The average Bonchev–Trinajstić information content (AvgIpc) is 3.06. The number of halogens is 3. The van der Waals surface area contributed by atoms with Crippen LogP contribution in [0.5, 0.6) is 0 Å². The lowest BCUT2D eigenvalue weighted by Crippen LogP contribution is -2.52. The predicted octanol–water partition coefficient (Wildman–Crippen LogP) is 4.35. The highest BCUT2D eigenvalue weighted by molar-refractivity contribution is 6.14. The first-order valence-corrected chi connectivity index (χ1v) is 11.3. The summed E-state index contributed by atoms with van der Waals surface area (Å²) in [6.45, 7) is 8.02. The van der Waals surface area contributed by atoms with Crippen molar-refractivity contribution in [3.8, 4) is 11.3 Å². The SMILES string of the molecule is Cc1n[nH]c2c1N=C(c1c(F)cccc1F)Nc1c-2cc(N2CCN(CCF)CC2C)nc1C. The molecular formula is C24H26F3N7. The van der Waals surface area contributed by atoms with Gasteiger partial charge in [0.15, 0.2) is 0 Å². The van der Waals surface area contributed by atoms with Gasteiger partial charge >= 0.3 is 0 Å². The second kappa shape index (κ2) is 8.75. The number of piperazine rings is 1. The van der Waals surface area contributed by atoms with Gasteiger partial charge in [-0.3, -0.25) is 10.00 Å². The molecule has 1 saturated heterocycles. The lowest BCUT2D eigenvalue weighted by Gasteiger charge is -2.40. The lowest BCUT2D eigenvalue weighted by atomic mass is 10.1. The fourth-order valence-corrected chi connectivity index (χ4v) is 4.71. The zero-order chi connectivity index (χ0) is 24.0. The van der Waals surface area contributed by atoms with E-state index in [1.165, 1.54) is 18.2 Å². The van der Waals surface area contributed by atoms with Gasteiger partial charge in [0.25, 0.3) is 0 Å². The van der Waals surface area contributed by atoms with Crippen LogP contribution < -0.4 is 10.2 Å². The lowest BCUT2D eigenvalue weighted by molar-refractivity contribution is 0.210. The predicted molar refractivity (Wildman–Crippen MR) is 127 cm³/mol. The first-order valence-electron chi connectivity index (χ1n) is 11.3. The molecule has 4 heterocycles. The first kappa shape index (κ1) is 22.4. The summed E-state index contributed by atoms with van der Waals surface area (Å²) in [6, 6.07) is 5.82. The molecule has 0 spiro atoms. The van der Waals surface area contributed by atoms with Gasteiger partial charge in [0.1, 0.15) is 35.6 Å². The van der Waals surface area contributed by atoms with Crippen LogP contribution in [0.15, 0.2) is 29.3 Å². The number of fused-ring (bicyclic) bond motifs is 3. The number of hydrogen-bond donors (Lipinski definition) is 2.